The van der Waals surface area contributed by atoms with Gasteiger partial charge in [-0.05, 0) is 35.9 Å². The zero-order chi connectivity index (χ0) is 13.1. The SMILES string of the molecule is Clc1cccc2nc(/C=C/c3ccccc3)ccc12. The van der Waals surface area contributed by atoms with Crippen LogP contribution in [-0.2, 0) is 0 Å². The molecule has 1 aromatic heterocycles. The normalized spacial score (nSPS) is 11.2. The molecule has 1 nitrogen and oxygen atoms in total. The maximum absolute atomic E-state index is 6.12. The Morgan fingerprint density at radius 3 is 2.47 bits per heavy atom. The van der Waals surface area contributed by atoms with Crippen molar-refractivity contribution in [2.45, 2.75) is 0 Å². The molecular weight excluding hydrogens is 254 g/mol. The van der Waals surface area contributed by atoms with Crippen LogP contribution in [-0.4, -0.2) is 4.98 Å². The van der Waals surface area contributed by atoms with Gasteiger partial charge in [0.15, 0.2) is 0 Å². The van der Waals surface area contributed by atoms with Crippen LogP contribution in [0.15, 0.2) is 60.7 Å². The Kier molecular flexibility index (Phi) is 3.30. The number of fused-ring (bicyclic) bond motifs is 1. The van der Waals surface area contributed by atoms with Gasteiger partial charge >= 0.3 is 0 Å². The van der Waals surface area contributed by atoms with E-state index in [-0.39, 0.29) is 0 Å². The van der Waals surface area contributed by atoms with Crippen LogP contribution in [0.4, 0.5) is 0 Å². The predicted octanol–water partition coefficient (Wildman–Crippen LogP) is 5.06. The summed E-state index contributed by atoms with van der Waals surface area (Å²) in [7, 11) is 0. The third-order valence-corrected chi connectivity index (χ3v) is 3.28. The van der Waals surface area contributed by atoms with Crippen LogP contribution >= 0.6 is 11.6 Å². The first-order chi connectivity index (χ1) is 9.33. The molecule has 0 aliphatic heterocycles. The molecule has 0 aliphatic rings. The maximum Gasteiger partial charge on any atom is 0.0724 e. The molecule has 0 N–H and O–H groups in total. The van der Waals surface area contributed by atoms with Crippen molar-refractivity contribution in [2.75, 3.05) is 0 Å². The van der Waals surface area contributed by atoms with Crippen LogP contribution in [0.2, 0.25) is 5.02 Å². The van der Waals surface area contributed by atoms with Gasteiger partial charge in [0.1, 0.15) is 0 Å². The van der Waals surface area contributed by atoms with E-state index in [9.17, 15) is 0 Å². The minimum Gasteiger partial charge on any atom is -0.248 e. The first-order valence-corrected chi connectivity index (χ1v) is 6.49. The van der Waals surface area contributed by atoms with Gasteiger partial charge in [0, 0.05) is 10.4 Å². The average Bonchev–Trinajstić information content (AvgIpc) is 2.46. The summed E-state index contributed by atoms with van der Waals surface area (Å²) in [5, 5.41) is 1.73. The van der Waals surface area contributed by atoms with Crippen LogP contribution in [0.5, 0.6) is 0 Å². The zero-order valence-corrected chi connectivity index (χ0v) is 11.0. The van der Waals surface area contributed by atoms with E-state index in [2.05, 4.69) is 23.2 Å². The number of rotatable bonds is 2. The number of hydrogen-bond donors (Lipinski definition) is 0. The van der Waals surface area contributed by atoms with Gasteiger partial charge in [0.25, 0.3) is 0 Å². The van der Waals surface area contributed by atoms with Crippen LogP contribution < -0.4 is 0 Å². The third kappa shape index (κ3) is 2.67. The fourth-order valence-electron chi connectivity index (χ4n) is 1.97. The van der Waals surface area contributed by atoms with Crippen molar-refractivity contribution < 1.29 is 0 Å². The maximum atomic E-state index is 6.12. The molecule has 0 saturated heterocycles. The molecule has 0 fully saturated rings. The standard InChI is InChI=1S/C17H12ClN/c18-16-7-4-8-17-15(16)12-11-14(19-17)10-9-13-5-2-1-3-6-13/h1-12H/b10-9+. The monoisotopic (exact) mass is 265 g/mol. The summed E-state index contributed by atoms with van der Waals surface area (Å²) >= 11 is 6.12. The van der Waals surface area contributed by atoms with Crippen molar-refractivity contribution >= 4 is 34.7 Å². The molecular formula is C17H12ClN. The van der Waals surface area contributed by atoms with Crippen molar-refractivity contribution in [2.24, 2.45) is 0 Å². The molecule has 3 aromatic rings. The van der Waals surface area contributed by atoms with E-state index in [4.69, 9.17) is 11.6 Å². The van der Waals surface area contributed by atoms with Crippen molar-refractivity contribution in [3.63, 3.8) is 0 Å². The van der Waals surface area contributed by atoms with E-state index >= 15 is 0 Å². The predicted molar refractivity (Wildman–Crippen MR) is 82.1 cm³/mol. The Labute approximate surface area is 117 Å². The van der Waals surface area contributed by atoms with E-state index in [1.54, 1.807) is 0 Å². The van der Waals surface area contributed by atoms with E-state index < -0.39 is 0 Å². The van der Waals surface area contributed by atoms with E-state index in [0.717, 1.165) is 27.2 Å². The Balaban J connectivity index is 1.96. The molecule has 92 valence electrons. The minimum atomic E-state index is 0.739. The highest BCUT2D eigenvalue weighted by Crippen LogP contribution is 2.22. The van der Waals surface area contributed by atoms with Crippen molar-refractivity contribution in [1.82, 2.24) is 4.98 Å². The molecule has 0 atom stereocenters. The summed E-state index contributed by atoms with van der Waals surface area (Å²) in [4.78, 5) is 4.58. The Bertz CT molecular complexity index is 733. The third-order valence-electron chi connectivity index (χ3n) is 2.95. The van der Waals surface area contributed by atoms with Gasteiger partial charge in [0.2, 0.25) is 0 Å². The lowest BCUT2D eigenvalue weighted by atomic mass is 10.1. The molecule has 1 heterocycles. The van der Waals surface area contributed by atoms with Crippen LogP contribution in [0, 0.1) is 0 Å². The highest BCUT2D eigenvalue weighted by Gasteiger charge is 1.99. The highest BCUT2D eigenvalue weighted by atomic mass is 35.5. The molecule has 0 unspecified atom stereocenters. The minimum absolute atomic E-state index is 0.739. The fraction of sp³-hybridized carbons (Fsp3) is 0. The molecule has 0 bridgehead atoms. The van der Waals surface area contributed by atoms with E-state index in [1.807, 2.05) is 54.6 Å². The lowest BCUT2D eigenvalue weighted by molar-refractivity contribution is 1.37. The molecule has 2 heteroatoms. The fourth-order valence-corrected chi connectivity index (χ4v) is 2.20. The lowest BCUT2D eigenvalue weighted by Gasteiger charge is -2.00. The van der Waals surface area contributed by atoms with E-state index in [0.29, 0.717) is 0 Å². The molecule has 0 amide bonds. The molecule has 0 spiro atoms. The quantitative estimate of drug-likeness (QED) is 0.631. The number of aromatic nitrogens is 1. The second kappa shape index (κ2) is 5.25. The Morgan fingerprint density at radius 1 is 0.789 bits per heavy atom. The number of halogens is 1. The van der Waals surface area contributed by atoms with Gasteiger partial charge in [-0.25, -0.2) is 4.98 Å². The summed E-state index contributed by atoms with van der Waals surface area (Å²) in [5.74, 6) is 0. The average molecular weight is 266 g/mol. The molecule has 2 aromatic carbocycles. The molecule has 19 heavy (non-hydrogen) atoms. The topological polar surface area (TPSA) is 12.9 Å². The van der Waals surface area contributed by atoms with Gasteiger partial charge in [0.05, 0.1) is 11.2 Å². The van der Waals surface area contributed by atoms with Crippen molar-refractivity contribution in [3.8, 4) is 0 Å². The van der Waals surface area contributed by atoms with E-state index in [1.165, 1.54) is 0 Å². The lowest BCUT2D eigenvalue weighted by Crippen LogP contribution is -1.83. The first-order valence-electron chi connectivity index (χ1n) is 6.11. The molecule has 0 saturated carbocycles. The summed E-state index contributed by atoms with van der Waals surface area (Å²) in [6.45, 7) is 0. The van der Waals surface area contributed by atoms with Crippen LogP contribution in [0.3, 0.4) is 0 Å². The summed E-state index contributed by atoms with van der Waals surface area (Å²) < 4.78 is 0. The van der Waals surface area contributed by atoms with Crippen molar-refractivity contribution in [1.29, 1.82) is 0 Å². The number of benzene rings is 2. The number of nitrogens with zero attached hydrogens (tertiary/aromatic N) is 1. The molecule has 0 aliphatic carbocycles. The van der Waals surface area contributed by atoms with Crippen molar-refractivity contribution in [3.05, 3.63) is 76.9 Å². The number of hydrogen-bond acceptors (Lipinski definition) is 1. The smallest absolute Gasteiger partial charge is 0.0724 e. The Hall–Kier alpha value is -2.12. The molecule has 3 rings (SSSR count). The second-order valence-electron chi connectivity index (χ2n) is 4.29. The summed E-state index contributed by atoms with van der Waals surface area (Å²) in [6, 6.07) is 19.9. The molecule has 0 radical (unpaired) electrons. The highest BCUT2D eigenvalue weighted by molar-refractivity contribution is 6.35. The summed E-state index contributed by atoms with van der Waals surface area (Å²) in [5.41, 5.74) is 3.01. The summed E-state index contributed by atoms with van der Waals surface area (Å²) in [6.07, 6.45) is 4.06. The van der Waals surface area contributed by atoms with Gasteiger partial charge < -0.3 is 0 Å². The van der Waals surface area contributed by atoms with Gasteiger partial charge in [-0.3, -0.25) is 0 Å². The largest absolute Gasteiger partial charge is 0.248 e. The first kappa shape index (κ1) is 11.9. The van der Waals surface area contributed by atoms with Gasteiger partial charge in [-0.15, -0.1) is 0 Å². The van der Waals surface area contributed by atoms with Gasteiger partial charge in [-0.2, -0.15) is 0 Å². The zero-order valence-electron chi connectivity index (χ0n) is 10.3. The Morgan fingerprint density at radius 2 is 1.63 bits per heavy atom. The second-order valence-corrected chi connectivity index (χ2v) is 4.69. The van der Waals surface area contributed by atoms with Crippen LogP contribution in [0.1, 0.15) is 11.3 Å². The van der Waals surface area contributed by atoms with Crippen LogP contribution in [0.25, 0.3) is 23.1 Å². The van der Waals surface area contributed by atoms with Gasteiger partial charge in [-0.1, -0.05) is 54.1 Å². The number of pyridine rings is 1.